The lowest BCUT2D eigenvalue weighted by Crippen LogP contribution is -2.10. The van der Waals surface area contributed by atoms with Crippen LogP contribution in [0, 0.1) is 5.82 Å². The van der Waals surface area contributed by atoms with Gasteiger partial charge in [-0.25, -0.2) is 24.1 Å². The molecule has 3 heterocycles. The van der Waals surface area contributed by atoms with E-state index in [9.17, 15) is 4.79 Å². The average molecular weight is 558 g/mol. The SMILES string of the molecule is COCCn1c(Cc2ccc(-c3cccc(OCc4nccnc4OC)n3)cc2F)nc2ccc(C(=O)OC)cc21. The van der Waals surface area contributed by atoms with Crippen LogP contribution in [0.15, 0.2) is 67.0 Å². The summed E-state index contributed by atoms with van der Waals surface area (Å²) >= 11 is 0. The molecule has 5 aromatic rings. The number of fused-ring (bicyclic) bond motifs is 1. The van der Waals surface area contributed by atoms with Crippen molar-refractivity contribution < 1.29 is 28.1 Å². The summed E-state index contributed by atoms with van der Waals surface area (Å²) in [4.78, 5) is 29.7. The molecular weight excluding hydrogens is 529 g/mol. The van der Waals surface area contributed by atoms with Crippen LogP contribution in [0.1, 0.15) is 27.4 Å². The number of ether oxygens (including phenoxy) is 4. The molecule has 0 radical (unpaired) electrons. The number of benzene rings is 2. The van der Waals surface area contributed by atoms with E-state index < -0.39 is 5.97 Å². The summed E-state index contributed by atoms with van der Waals surface area (Å²) in [5.41, 5.74) is 4.02. The Morgan fingerprint density at radius 3 is 2.61 bits per heavy atom. The van der Waals surface area contributed by atoms with Crippen molar-refractivity contribution >= 4 is 17.0 Å². The van der Waals surface area contributed by atoms with Gasteiger partial charge in [0, 0.05) is 44.1 Å². The molecule has 0 aliphatic rings. The lowest BCUT2D eigenvalue weighted by atomic mass is 10.1. The van der Waals surface area contributed by atoms with Gasteiger partial charge in [-0.1, -0.05) is 18.2 Å². The molecule has 0 spiro atoms. The fourth-order valence-electron chi connectivity index (χ4n) is 4.43. The molecule has 2 aromatic carbocycles. The van der Waals surface area contributed by atoms with Crippen molar-refractivity contribution in [1.82, 2.24) is 24.5 Å². The van der Waals surface area contributed by atoms with Crippen LogP contribution in [0.2, 0.25) is 0 Å². The molecule has 0 aliphatic heterocycles. The van der Waals surface area contributed by atoms with E-state index in [1.165, 1.54) is 26.5 Å². The van der Waals surface area contributed by atoms with Gasteiger partial charge in [0.2, 0.25) is 11.8 Å². The van der Waals surface area contributed by atoms with E-state index in [2.05, 4.69) is 15.0 Å². The van der Waals surface area contributed by atoms with Crippen molar-refractivity contribution in [2.75, 3.05) is 27.9 Å². The van der Waals surface area contributed by atoms with Crippen molar-refractivity contribution in [2.24, 2.45) is 0 Å². The van der Waals surface area contributed by atoms with E-state index in [4.69, 9.17) is 23.9 Å². The van der Waals surface area contributed by atoms with E-state index in [-0.39, 0.29) is 18.8 Å². The van der Waals surface area contributed by atoms with Crippen LogP contribution in [-0.2, 0) is 29.0 Å². The second-order valence-corrected chi connectivity index (χ2v) is 9.01. The standard InChI is InChI=1S/C30H28FN5O5/c1-38-14-13-36-26-16-21(30(37)40-3)9-10-24(26)34-27(36)17-19-7-8-20(15-22(19)31)23-5-4-6-28(35-23)41-18-25-29(39-2)33-12-11-32-25/h4-12,15-16H,13-14,17-18H2,1-3H3. The number of methoxy groups -OCH3 is 3. The zero-order chi connectivity index (χ0) is 28.8. The summed E-state index contributed by atoms with van der Waals surface area (Å²) in [6.07, 6.45) is 3.34. The van der Waals surface area contributed by atoms with Gasteiger partial charge in [-0.15, -0.1) is 0 Å². The van der Waals surface area contributed by atoms with Gasteiger partial charge in [-0.3, -0.25) is 4.98 Å². The topological polar surface area (TPSA) is 110 Å². The van der Waals surface area contributed by atoms with E-state index in [0.717, 1.165) is 5.52 Å². The number of hydrogen-bond donors (Lipinski definition) is 0. The summed E-state index contributed by atoms with van der Waals surface area (Å²) in [6, 6.07) is 15.4. The highest BCUT2D eigenvalue weighted by molar-refractivity contribution is 5.93. The number of carbonyl (C=O) groups excluding carboxylic acids is 1. The zero-order valence-electron chi connectivity index (χ0n) is 22.8. The molecule has 0 fully saturated rings. The molecule has 0 unspecified atom stereocenters. The van der Waals surface area contributed by atoms with Crippen LogP contribution in [0.3, 0.4) is 0 Å². The maximum absolute atomic E-state index is 15.4. The van der Waals surface area contributed by atoms with Crippen LogP contribution in [0.4, 0.5) is 4.39 Å². The Hall–Kier alpha value is -4.90. The molecule has 0 amide bonds. The third-order valence-corrected chi connectivity index (χ3v) is 6.47. The highest BCUT2D eigenvalue weighted by atomic mass is 19.1. The average Bonchev–Trinajstić information content (AvgIpc) is 3.35. The summed E-state index contributed by atoms with van der Waals surface area (Å²) in [5, 5.41) is 0. The van der Waals surface area contributed by atoms with Crippen LogP contribution in [-0.4, -0.2) is 58.4 Å². The predicted octanol–water partition coefficient (Wildman–Crippen LogP) is 4.64. The van der Waals surface area contributed by atoms with Crippen molar-refractivity contribution in [3.8, 4) is 23.0 Å². The number of nitrogens with zero attached hydrogens (tertiary/aromatic N) is 5. The quantitative estimate of drug-likeness (QED) is 0.215. The van der Waals surface area contributed by atoms with Crippen LogP contribution >= 0.6 is 0 Å². The maximum Gasteiger partial charge on any atom is 0.337 e. The molecule has 10 nitrogen and oxygen atoms in total. The van der Waals surface area contributed by atoms with Gasteiger partial charge in [0.25, 0.3) is 0 Å². The molecule has 0 saturated heterocycles. The summed E-state index contributed by atoms with van der Waals surface area (Å²) in [6.45, 7) is 1.03. The van der Waals surface area contributed by atoms with Gasteiger partial charge in [0.05, 0.1) is 43.1 Å². The first kappa shape index (κ1) is 27.7. The van der Waals surface area contributed by atoms with Gasteiger partial charge in [-0.2, -0.15) is 0 Å². The highest BCUT2D eigenvalue weighted by Gasteiger charge is 2.17. The van der Waals surface area contributed by atoms with Crippen molar-refractivity contribution in [3.63, 3.8) is 0 Å². The maximum atomic E-state index is 15.4. The first-order chi connectivity index (χ1) is 20.0. The van der Waals surface area contributed by atoms with Crippen molar-refractivity contribution in [2.45, 2.75) is 19.6 Å². The molecule has 3 aromatic heterocycles. The number of rotatable bonds is 11. The molecule has 5 rings (SSSR count). The molecule has 0 aliphatic carbocycles. The van der Waals surface area contributed by atoms with Crippen molar-refractivity contribution in [3.05, 3.63) is 95.5 Å². The first-order valence-corrected chi connectivity index (χ1v) is 12.8. The monoisotopic (exact) mass is 557 g/mol. The third kappa shape index (κ3) is 6.15. The van der Waals surface area contributed by atoms with Gasteiger partial charge in [-0.05, 0) is 35.9 Å². The Labute approximate surface area is 235 Å². The zero-order valence-corrected chi connectivity index (χ0v) is 22.8. The molecule has 0 atom stereocenters. The molecule has 0 saturated carbocycles. The number of esters is 1. The second-order valence-electron chi connectivity index (χ2n) is 9.01. The van der Waals surface area contributed by atoms with E-state index >= 15 is 4.39 Å². The molecule has 0 bridgehead atoms. The molecule has 0 N–H and O–H groups in total. The van der Waals surface area contributed by atoms with Crippen LogP contribution < -0.4 is 9.47 Å². The highest BCUT2D eigenvalue weighted by Crippen LogP contribution is 2.26. The first-order valence-electron chi connectivity index (χ1n) is 12.8. The third-order valence-electron chi connectivity index (χ3n) is 6.47. The molecule has 210 valence electrons. The Morgan fingerprint density at radius 1 is 0.976 bits per heavy atom. The minimum atomic E-state index is -0.439. The molecular formula is C30H28FN5O5. The van der Waals surface area contributed by atoms with Crippen LogP contribution in [0.25, 0.3) is 22.3 Å². The number of aromatic nitrogens is 5. The Morgan fingerprint density at radius 2 is 1.83 bits per heavy atom. The predicted molar refractivity (Wildman–Crippen MR) is 148 cm³/mol. The Balaban J connectivity index is 1.38. The largest absolute Gasteiger partial charge is 0.480 e. The van der Waals surface area contributed by atoms with Gasteiger partial charge in [0.15, 0.2) is 0 Å². The van der Waals surface area contributed by atoms with Crippen molar-refractivity contribution in [1.29, 1.82) is 0 Å². The van der Waals surface area contributed by atoms with Gasteiger partial charge >= 0.3 is 5.97 Å². The van der Waals surface area contributed by atoms with Gasteiger partial charge in [0.1, 0.15) is 23.9 Å². The number of halogens is 1. The summed E-state index contributed by atoms with van der Waals surface area (Å²) in [5.74, 6) is 0.559. The minimum Gasteiger partial charge on any atom is -0.480 e. The number of imidazole rings is 1. The van der Waals surface area contributed by atoms with Crippen LogP contribution in [0.5, 0.6) is 11.8 Å². The van der Waals surface area contributed by atoms with E-state index in [0.29, 0.717) is 64.3 Å². The minimum absolute atomic E-state index is 0.117. The smallest absolute Gasteiger partial charge is 0.337 e. The number of pyridine rings is 1. The lowest BCUT2D eigenvalue weighted by Gasteiger charge is -2.11. The van der Waals surface area contributed by atoms with Gasteiger partial charge < -0.3 is 23.5 Å². The molecule has 41 heavy (non-hydrogen) atoms. The molecule has 11 heteroatoms. The normalized spacial score (nSPS) is 11.0. The summed E-state index contributed by atoms with van der Waals surface area (Å²) < 4.78 is 38.5. The van der Waals surface area contributed by atoms with E-state index in [1.54, 1.807) is 55.8 Å². The van der Waals surface area contributed by atoms with E-state index in [1.807, 2.05) is 10.6 Å². The fourth-order valence-corrected chi connectivity index (χ4v) is 4.43. The number of carbonyl (C=O) groups is 1. The number of hydrogen-bond acceptors (Lipinski definition) is 9. The Bertz CT molecular complexity index is 1690. The lowest BCUT2D eigenvalue weighted by molar-refractivity contribution is 0.0601. The second kappa shape index (κ2) is 12.5. The fraction of sp³-hybridized carbons (Fsp3) is 0.233. The summed E-state index contributed by atoms with van der Waals surface area (Å²) in [7, 11) is 4.46. The Kier molecular flexibility index (Phi) is 8.44.